The summed E-state index contributed by atoms with van der Waals surface area (Å²) in [5, 5.41) is 3.19. The van der Waals surface area contributed by atoms with Crippen molar-refractivity contribution >= 4 is 17.7 Å². The highest BCUT2D eigenvalue weighted by Crippen LogP contribution is 2.25. The summed E-state index contributed by atoms with van der Waals surface area (Å²) in [5.74, 6) is -0.0741. The fraction of sp³-hybridized carbons (Fsp3) is 0.500. The van der Waals surface area contributed by atoms with Gasteiger partial charge in [0.25, 0.3) is 5.91 Å². The van der Waals surface area contributed by atoms with Crippen LogP contribution in [0.1, 0.15) is 56.5 Å². The molecule has 2 rings (SSSR count). The highest BCUT2D eigenvalue weighted by atomic mass is 16.5. The van der Waals surface area contributed by atoms with Crippen LogP contribution >= 0.6 is 0 Å². The highest BCUT2D eigenvalue weighted by molar-refractivity contribution is 6.17. The number of benzene rings is 1. The van der Waals surface area contributed by atoms with Gasteiger partial charge in [-0.1, -0.05) is 45.4 Å². The van der Waals surface area contributed by atoms with Gasteiger partial charge < -0.3 is 10.1 Å². The molecule has 1 N–H and O–H groups in total. The number of ether oxygens (including phenoxy) is 1. The lowest BCUT2D eigenvalue weighted by atomic mass is 9.88. The average Bonchev–Trinajstić information content (AvgIpc) is 2.84. The van der Waals surface area contributed by atoms with Crippen molar-refractivity contribution in [1.29, 1.82) is 0 Å². The molecule has 1 aliphatic heterocycles. The predicted octanol–water partition coefficient (Wildman–Crippen LogP) is 2.93. The number of amides is 1. The van der Waals surface area contributed by atoms with Crippen LogP contribution in [0.4, 0.5) is 0 Å². The molecule has 1 aliphatic rings. The maximum absolute atomic E-state index is 12.3. The Kier molecular flexibility index (Phi) is 5.19. The van der Waals surface area contributed by atoms with E-state index in [1.54, 1.807) is 18.2 Å². The van der Waals surface area contributed by atoms with Gasteiger partial charge in [0, 0.05) is 5.56 Å². The van der Waals surface area contributed by atoms with Crippen LogP contribution in [0.2, 0.25) is 0 Å². The summed E-state index contributed by atoms with van der Waals surface area (Å²) >= 11 is 0. The molecule has 0 saturated heterocycles. The molecule has 124 valence electrons. The summed E-state index contributed by atoms with van der Waals surface area (Å²) in [6, 6.07) is 7.07. The fourth-order valence-electron chi connectivity index (χ4n) is 2.32. The van der Waals surface area contributed by atoms with Gasteiger partial charge in [0.05, 0.1) is 12.2 Å². The molecule has 0 spiro atoms. The predicted molar refractivity (Wildman–Crippen MR) is 89.6 cm³/mol. The van der Waals surface area contributed by atoms with Gasteiger partial charge in [-0.3, -0.25) is 4.79 Å². The molecule has 1 atom stereocenters. The molecule has 1 amide bonds. The average molecular weight is 316 g/mol. The summed E-state index contributed by atoms with van der Waals surface area (Å²) in [5.41, 5.74) is 0.288. The minimum atomic E-state index is -0.742. The Morgan fingerprint density at radius 2 is 2.04 bits per heavy atom. The molecule has 23 heavy (non-hydrogen) atoms. The van der Waals surface area contributed by atoms with Gasteiger partial charge in [-0.25, -0.2) is 4.79 Å². The molecule has 1 heterocycles. The largest absolute Gasteiger partial charge is 0.462 e. The number of carbonyl (C=O) groups is 2. The molecular formula is C18H24N2O3. The molecule has 0 radical (unpaired) electrons. The van der Waals surface area contributed by atoms with Crippen molar-refractivity contribution < 1.29 is 14.3 Å². The number of aliphatic imine (C=N–C) groups is 1. The van der Waals surface area contributed by atoms with Crippen molar-refractivity contribution in [1.82, 2.24) is 5.32 Å². The summed E-state index contributed by atoms with van der Waals surface area (Å²) in [7, 11) is 0. The number of amidine groups is 1. The third-order valence-corrected chi connectivity index (χ3v) is 4.32. The fourth-order valence-corrected chi connectivity index (χ4v) is 2.32. The van der Waals surface area contributed by atoms with E-state index >= 15 is 0 Å². The molecular weight excluding hydrogens is 292 g/mol. The normalized spacial score (nSPS) is 20.4. The van der Waals surface area contributed by atoms with Crippen LogP contribution in [0.25, 0.3) is 0 Å². The van der Waals surface area contributed by atoms with Gasteiger partial charge in [0.1, 0.15) is 11.4 Å². The van der Waals surface area contributed by atoms with E-state index in [1.807, 2.05) is 33.8 Å². The number of hydrogen-bond acceptors (Lipinski definition) is 4. The van der Waals surface area contributed by atoms with Crippen molar-refractivity contribution in [2.75, 3.05) is 6.61 Å². The van der Waals surface area contributed by atoms with E-state index in [-0.39, 0.29) is 17.8 Å². The first-order valence-electron chi connectivity index (χ1n) is 8.08. The Morgan fingerprint density at radius 1 is 1.35 bits per heavy atom. The minimum Gasteiger partial charge on any atom is -0.462 e. The lowest BCUT2D eigenvalue weighted by Crippen LogP contribution is -2.50. The zero-order chi connectivity index (χ0) is 17.0. The third-order valence-electron chi connectivity index (χ3n) is 4.32. The zero-order valence-corrected chi connectivity index (χ0v) is 14.2. The van der Waals surface area contributed by atoms with E-state index in [1.165, 1.54) is 0 Å². The Hall–Kier alpha value is -2.17. The van der Waals surface area contributed by atoms with E-state index in [9.17, 15) is 9.59 Å². The number of unbranched alkanes of at least 4 members (excludes halogenated alkanes) is 1. The van der Waals surface area contributed by atoms with Crippen LogP contribution in [0.5, 0.6) is 0 Å². The molecule has 1 aromatic carbocycles. The molecule has 0 aliphatic carbocycles. The Labute approximate surface area is 137 Å². The van der Waals surface area contributed by atoms with Gasteiger partial charge in [-0.15, -0.1) is 0 Å². The van der Waals surface area contributed by atoms with Crippen LogP contribution in [0.3, 0.4) is 0 Å². The van der Waals surface area contributed by atoms with E-state index in [4.69, 9.17) is 4.74 Å². The number of hydrogen-bond donors (Lipinski definition) is 1. The Bertz CT molecular complexity index is 637. The first-order chi connectivity index (χ1) is 10.9. The molecule has 0 fully saturated rings. The van der Waals surface area contributed by atoms with Crippen molar-refractivity contribution in [3.05, 3.63) is 35.4 Å². The van der Waals surface area contributed by atoms with E-state index in [0.29, 0.717) is 23.6 Å². The smallest absolute Gasteiger partial charge is 0.338 e. The number of rotatable bonds is 6. The molecule has 0 saturated carbocycles. The van der Waals surface area contributed by atoms with E-state index in [0.717, 1.165) is 12.8 Å². The first kappa shape index (κ1) is 17.2. The summed E-state index contributed by atoms with van der Waals surface area (Å²) in [6.45, 7) is 8.20. The van der Waals surface area contributed by atoms with Crippen molar-refractivity contribution in [2.45, 2.75) is 46.1 Å². The SMILES string of the molecule is CCCCOC(=O)c1ccccc1C1=NC(=O)C(C)(C(C)C)N1. The van der Waals surface area contributed by atoms with E-state index < -0.39 is 5.54 Å². The topological polar surface area (TPSA) is 67.8 Å². The Morgan fingerprint density at radius 3 is 2.65 bits per heavy atom. The molecule has 5 heteroatoms. The lowest BCUT2D eigenvalue weighted by Gasteiger charge is -2.27. The van der Waals surface area contributed by atoms with Gasteiger partial charge in [0.2, 0.25) is 0 Å². The highest BCUT2D eigenvalue weighted by Gasteiger charge is 2.42. The number of nitrogens with zero attached hydrogens (tertiary/aromatic N) is 1. The lowest BCUT2D eigenvalue weighted by molar-refractivity contribution is -0.123. The van der Waals surface area contributed by atoms with E-state index in [2.05, 4.69) is 10.3 Å². The maximum Gasteiger partial charge on any atom is 0.338 e. The minimum absolute atomic E-state index is 0.0833. The quantitative estimate of drug-likeness (QED) is 0.647. The van der Waals surface area contributed by atoms with Crippen LogP contribution in [0, 0.1) is 5.92 Å². The first-order valence-corrected chi connectivity index (χ1v) is 8.08. The van der Waals surface area contributed by atoms with Gasteiger partial charge in [-0.05, 0) is 25.3 Å². The molecule has 1 aromatic rings. The van der Waals surface area contributed by atoms with Crippen molar-refractivity contribution in [2.24, 2.45) is 10.9 Å². The van der Waals surface area contributed by atoms with Crippen LogP contribution in [0.15, 0.2) is 29.3 Å². The van der Waals surface area contributed by atoms with Crippen molar-refractivity contribution in [3.63, 3.8) is 0 Å². The third kappa shape index (κ3) is 3.44. The van der Waals surface area contributed by atoms with Crippen molar-refractivity contribution in [3.8, 4) is 0 Å². The second-order valence-electron chi connectivity index (χ2n) is 6.28. The maximum atomic E-state index is 12.3. The summed E-state index contributed by atoms with van der Waals surface area (Å²) in [6.07, 6.45) is 1.79. The number of nitrogens with one attached hydrogen (secondary N) is 1. The second kappa shape index (κ2) is 6.94. The Balaban J connectivity index is 2.27. The zero-order valence-electron chi connectivity index (χ0n) is 14.2. The molecule has 0 aromatic heterocycles. The number of esters is 1. The molecule has 5 nitrogen and oxygen atoms in total. The second-order valence-corrected chi connectivity index (χ2v) is 6.28. The van der Waals surface area contributed by atoms with Gasteiger partial charge >= 0.3 is 5.97 Å². The van der Waals surface area contributed by atoms with Gasteiger partial charge in [-0.2, -0.15) is 4.99 Å². The van der Waals surface area contributed by atoms with Crippen LogP contribution in [-0.2, 0) is 9.53 Å². The van der Waals surface area contributed by atoms with Gasteiger partial charge in [0.15, 0.2) is 0 Å². The molecule has 1 unspecified atom stereocenters. The summed E-state index contributed by atoms with van der Waals surface area (Å²) < 4.78 is 5.29. The summed E-state index contributed by atoms with van der Waals surface area (Å²) in [4.78, 5) is 28.7. The number of carbonyl (C=O) groups excluding carboxylic acids is 2. The molecule has 0 bridgehead atoms. The monoisotopic (exact) mass is 316 g/mol. The standard InChI is InChI=1S/C18H24N2O3/c1-5-6-11-23-16(21)14-10-8-7-9-13(14)15-19-17(22)18(4,20-15)12(2)3/h7-10,12H,5-6,11H2,1-4H3,(H,19,20,22). The van der Waals surface area contributed by atoms with Crippen LogP contribution < -0.4 is 5.32 Å². The van der Waals surface area contributed by atoms with Crippen LogP contribution in [-0.4, -0.2) is 29.9 Å².